The van der Waals surface area contributed by atoms with Gasteiger partial charge in [0.25, 0.3) is 5.91 Å². The maximum Gasteiger partial charge on any atom is 0.259 e. The molecule has 2 aromatic rings. The first-order chi connectivity index (χ1) is 10.6. The molecule has 1 unspecified atom stereocenters. The Balaban J connectivity index is 1.89. The summed E-state index contributed by atoms with van der Waals surface area (Å²) in [4.78, 5) is 26.7. The molecule has 2 heterocycles. The zero-order chi connectivity index (χ0) is 15.4. The number of carbonyl (C=O) groups is 2. The third kappa shape index (κ3) is 1.70. The minimum atomic E-state index is -0.505. The van der Waals surface area contributed by atoms with Crippen molar-refractivity contribution in [3.8, 4) is 0 Å². The zero-order valence-electron chi connectivity index (χ0n) is 11.7. The molecule has 1 fully saturated rings. The second-order valence-corrected chi connectivity index (χ2v) is 6.02. The first-order valence-corrected chi connectivity index (χ1v) is 7.49. The molecule has 0 spiro atoms. The highest BCUT2D eigenvalue weighted by Crippen LogP contribution is 2.42. The van der Waals surface area contributed by atoms with Crippen molar-refractivity contribution in [2.45, 2.75) is 18.9 Å². The highest BCUT2D eigenvalue weighted by Gasteiger charge is 2.39. The quantitative estimate of drug-likeness (QED) is 0.878. The summed E-state index contributed by atoms with van der Waals surface area (Å²) < 4.78 is 0. The summed E-state index contributed by atoms with van der Waals surface area (Å²) >= 11 is 6.24. The van der Waals surface area contributed by atoms with E-state index in [1.54, 1.807) is 17.0 Å². The lowest BCUT2D eigenvalue weighted by molar-refractivity contribution is -0.122. The van der Waals surface area contributed by atoms with Crippen molar-refractivity contribution in [1.82, 2.24) is 5.32 Å². The Labute approximate surface area is 132 Å². The molecule has 4 rings (SSSR count). The number of hydrogen-bond donors (Lipinski definition) is 1. The van der Waals surface area contributed by atoms with Crippen molar-refractivity contribution in [2.75, 3.05) is 4.90 Å². The Morgan fingerprint density at radius 1 is 1.23 bits per heavy atom. The van der Waals surface area contributed by atoms with Crippen molar-refractivity contribution in [2.24, 2.45) is 0 Å². The van der Waals surface area contributed by atoms with Gasteiger partial charge in [0.15, 0.2) is 0 Å². The number of piperidine rings is 1. The van der Waals surface area contributed by atoms with Crippen molar-refractivity contribution in [3.63, 3.8) is 0 Å². The van der Waals surface area contributed by atoms with Gasteiger partial charge in [-0.05, 0) is 31.0 Å². The summed E-state index contributed by atoms with van der Waals surface area (Å²) in [7, 11) is 0. The van der Waals surface area contributed by atoms with Gasteiger partial charge in [-0.1, -0.05) is 30.3 Å². The molecule has 2 aliphatic heterocycles. The standard InChI is InChI=1S/C17H13ClN2O2/c1-9-5-8-14(16(21)19-9)20-13-4-2-3-10-12(18)7-6-11(15(10)13)17(20)22/h2-4,6-7,14H,1,5,8H2,(H,19,21). The Hall–Kier alpha value is -2.33. The molecule has 110 valence electrons. The second kappa shape index (κ2) is 4.58. The first kappa shape index (κ1) is 13.3. The molecule has 5 heteroatoms. The van der Waals surface area contributed by atoms with E-state index in [0.717, 1.165) is 16.5 Å². The number of benzene rings is 2. The molecule has 4 nitrogen and oxygen atoms in total. The van der Waals surface area contributed by atoms with Gasteiger partial charge in [0.05, 0.1) is 5.69 Å². The summed E-state index contributed by atoms with van der Waals surface area (Å²) in [6.07, 6.45) is 1.25. The van der Waals surface area contributed by atoms with Gasteiger partial charge in [-0.25, -0.2) is 0 Å². The van der Waals surface area contributed by atoms with E-state index in [2.05, 4.69) is 11.9 Å². The van der Waals surface area contributed by atoms with E-state index in [1.165, 1.54) is 0 Å². The SMILES string of the molecule is C=C1CCC(N2C(=O)c3ccc(Cl)c4cccc2c34)C(=O)N1. The smallest absolute Gasteiger partial charge is 0.259 e. The van der Waals surface area contributed by atoms with Crippen LogP contribution in [0.5, 0.6) is 0 Å². The number of halogens is 1. The van der Waals surface area contributed by atoms with Crippen LogP contribution in [0.25, 0.3) is 10.8 Å². The summed E-state index contributed by atoms with van der Waals surface area (Å²) in [5.41, 5.74) is 2.06. The van der Waals surface area contributed by atoms with Gasteiger partial charge in [0, 0.05) is 27.1 Å². The molecule has 0 radical (unpaired) electrons. The summed E-state index contributed by atoms with van der Waals surface area (Å²) in [6.45, 7) is 3.78. The fourth-order valence-corrected chi connectivity index (χ4v) is 3.51. The van der Waals surface area contributed by atoms with Crippen molar-refractivity contribution < 1.29 is 9.59 Å². The molecule has 2 amide bonds. The minimum absolute atomic E-state index is 0.143. The van der Waals surface area contributed by atoms with Crippen LogP contribution < -0.4 is 10.2 Å². The number of carbonyl (C=O) groups excluding carboxylic acids is 2. The van der Waals surface area contributed by atoms with E-state index in [0.29, 0.717) is 29.1 Å². The number of allylic oxidation sites excluding steroid dienone is 1. The second-order valence-electron chi connectivity index (χ2n) is 5.62. The van der Waals surface area contributed by atoms with Gasteiger partial charge < -0.3 is 5.32 Å². The van der Waals surface area contributed by atoms with Crippen LogP contribution in [0.2, 0.25) is 5.02 Å². The van der Waals surface area contributed by atoms with Crippen LogP contribution >= 0.6 is 11.6 Å². The lowest BCUT2D eigenvalue weighted by atomic mass is 10.0. The third-order valence-electron chi connectivity index (χ3n) is 4.31. The van der Waals surface area contributed by atoms with Crippen LogP contribution in [0.4, 0.5) is 5.69 Å². The lowest BCUT2D eigenvalue weighted by Crippen LogP contribution is -2.51. The zero-order valence-corrected chi connectivity index (χ0v) is 12.5. The van der Waals surface area contributed by atoms with Gasteiger partial charge in [0.2, 0.25) is 5.91 Å². The predicted octanol–water partition coefficient (Wildman–Crippen LogP) is 3.25. The van der Waals surface area contributed by atoms with Crippen LogP contribution in [0.1, 0.15) is 23.2 Å². The molecule has 1 N–H and O–H groups in total. The van der Waals surface area contributed by atoms with Gasteiger partial charge in [-0.3, -0.25) is 14.5 Å². The molecule has 1 atom stereocenters. The highest BCUT2D eigenvalue weighted by atomic mass is 35.5. The normalized spacial score (nSPS) is 20.7. The van der Waals surface area contributed by atoms with E-state index >= 15 is 0 Å². The molecule has 0 bridgehead atoms. The Morgan fingerprint density at radius 3 is 2.82 bits per heavy atom. The summed E-state index contributed by atoms with van der Waals surface area (Å²) in [5, 5.41) is 5.02. The van der Waals surface area contributed by atoms with Gasteiger partial charge in [-0.2, -0.15) is 0 Å². The van der Waals surface area contributed by atoms with Gasteiger partial charge >= 0.3 is 0 Å². The average Bonchev–Trinajstić information content (AvgIpc) is 2.77. The van der Waals surface area contributed by atoms with Crippen LogP contribution in [0, 0.1) is 0 Å². The largest absolute Gasteiger partial charge is 0.329 e. The third-order valence-corrected chi connectivity index (χ3v) is 4.64. The molecule has 1 saturated heterocycles. The van der Waals surface area contributed by atoms with E-state index < -0.39 is 6.04 Å². The lowest BCUT2D eigenvalue weighted by Gasteiger charge is -2.31. The fraction of sp³-hybridized carbons (Fsp3) is 0.176. The minimum Gasteiger partial charge on any atom is -0.329 e. The molecule has 2 aliphatic rings. The number of amides is 2. The highest BCUT2D eigenvalue weighted by molar-refractivity contribution is 6.38. The predicted molar refractivity (Wildman–Crippen MR) is 86.1 cm³/mol. The van der Waals surface area contributed by atoms with Gasteiger partial charge in [-0.15, -0.1) is 0 Å². The molecule has 22 heavy (non-hydrogen) atoms. The first-order valence-electron chi connectivity index (χ1n) is 7.11. The summed E-state index contributed by atoms with van der Waals surface area (Å²) in [5.74, 6) is -0.323. The van der Waals surface area contributed by atoms with E-state index in [-0.39, 0.29) is 11.8 Å². The van der Waals surface area contributed by atoms with Crippen molar-refractivity contribution in [1.29, 1.82) is 0 Å². The van der Waals surface area contributed by atoms with E-state index in [1.807, 2.05) is 18.2 Å². The molecular weight excluding hydrogens is 300 g/mol. The number of rotatable bonds is 1. The van der Waals surface area contributed by atoms with E-state index in [9.17, 15) is 9.59 Å². The maximum absolute atomic E-state index is 12.8. The number of nitrogens with one attached hydrogen (secondary N) is 1. The van der Waals surface area contributed by atoms with Crippen LogP contribution in [-0.4, -0.2) is 17.9 Å². The topological polar surface area (TPSA) is 49.4 Å². The molecular formula is C17H13ClN2O2. The summed E-state index contributed by atoms with van der Waals surface area (Å²) in [6, 6.07) is 8.57. The Morgan fingerprint density at radius 2 is 2.05 bits per heavy atom. The van der Waals surface area contributed by atoms with Crippen LogP contribution in [-0.2, 0) is 4.79 Å². The van der Waals surface area contributed by atoms with Gasteiger partial charge in [0.1, 0.15) is 6.04 Å². The monoisotopic (exact) mass is 312 g/mol. The van der Waals surface area contributed by atoms with E-state index in [4.69, 9.17) is 11.6 Å². The van der Waals surface area contributed by atoms with Crippen molar-refractivity contribution in [3.05, 3.63) is 53.2 Å². The fourth-order valence-electron chi connectivity index (χ4n) is 3.29. The number of anilines is 1. The molecule has 0 saturated carbocycles. The molecule has 0 aliphatic carbocycles. The van der Waals surface area contributed by atoms with Crippen LogP contribution in [0.15, 0.2) is 42.6 Å². The Bertz CT molecular complexity index is 859. The number of nitrogens with zero attached hydrogens (tertiary/aromatic N) is 1. The van der Waals surface area contributed by atoms with Crippen molar-refractivity contribution >= 4 is 39.9 Å². The van der Waals surface area contributed by atoms with Crippen LogP contribution in [0.3, 0.4) is 0 Å². The molecule has 0 aromatic heterocycles. The number of hydrogen-bond acceptors (Lipinski definition) is 2. The average molecular weight is 313 g/mol. The molecule has 2 aromatic carbocycles. The Kier molecular flexibility index (Phi) is 2.78. The maximum atomic E-state index is 12.8.